The maximum absolute atomic E-state index is 12.9. The number of ether oxygens (including phenoxy) is 2. The second kappa shape index (κ2) is 8.98. The number of hydrogen-bond acceptors (Lipinski definition) is 6. The van der Waals surface area contributed by atoms with Gasteiger partial charge in [-0.05, 0) is 25.0 Å². The summed E-state index contributed by atoms with van der Waals surface area (Å²) < 4.78 is 36.4. The third-order valence-electron chi connectivity index (χ3n) is 4.08. The van der Waals surface area contributed by atoms with Crippen LogP contribution in [-0.4, -0.2) is 52.8 Å². The van der Waals surface area contributed by atoms with E-state index in [9.17, 15) is 13.6 Å². The molecule has 2 aromatic rings. The number of aromatic nitrogens is 2. The van der Waals surface area contributed by atoms with Gasteiger partial charge in [-0.1, -0.05) is 23.9 Å². The van der Waals surface area contributed by atoms with Gasteiger partial charge in [-0.3, -0.25) is 4.79 Å². The highest BCUT2D eigenvalue weighted by Gasteiger charge is 2.27. The SMILES string of the molecule is COc1nccc(OC2CCCN(C(=O)c3ccccc3SC(F)F)C2)n1. The monoisotopic (exact) mass is 395 g/mol. The van der Waals surface area contributed by atoms with Gasteiger partial charge in [0.15, 0.2) is 0 Å². The minimum absolute atomic E-state index is 0.203. The first-order valence-corrected chi connectivity index (χ1v) is 9.31. The van der Waals surface area contributed by atoms with E-state index in [0.29, 0.717) is 30.7 Å². The predicted molar refractivity (Wildman–Crippen MR) is 96.4 cm³/mol. The second-order valence-corrected chi connectivity index (χ2v) is 6.92. The van der Waals surface area contributed by atoms with Crippen LogP contribution in [0.25, 0.3) is 0 Å². The van der Waals surface area contributed by atoms with Crippen molar-refractivity contribution in [2.75, 3.05) is 20.2 Å². The molecule has 0 aliphatic carbocycles. The first kappa shape index (κ1) is 19.3. The number of nitrogens with zero attached hydrogens (tertiary/aromatic N) is 3. The molecule has 0 saturated carbocycles. The van der Waals surface area contributed by atoms with Crippen molar-refractivity contribution in [2.24, 2.45) is 0 Å². The first-order chi connectivity index (χ1) is 13.1. The van der Waals surface area contributed by atoms with Gasteiger partial charge >= 0.3 is 6.01 Å². The molecule has 27 heavy (non-hydrogen) atoms. The molecule has 1 aliphatic rings. The summed E-state index contributed by atoms with van der Waals surface area (Å²) in [6, 6.07) is 8.26. The molecule has 1 aliphatic heterocycles. The Hall–Kier alpha value is -2.42. The third-order valence-corrected chi connectivity index (χ3v) is 4.86. The van der Waals surface area contributed by atoms with E-state index < -0.39 is 5.76 Å². The Morgan fingerprint density at radius 2 is 2.15 bits per heavy atom. The van der Waals surface area contributed by atoms with Crippen LogP contribution in [0, 0.1) is 0 Å². The van der Waals surface area contributed by atoms with Gasteiger partial charge in [0.25, 0.3) is 11.7 Å². The molecule has 144 valence electrons. The predicted octanol–water partition coefficient (Wildman–Crippen LogP) is 3.48. The normalized spacial score (nSPS) is 17.0. The number of halogens is 2. The van der Waals surface area contributed by atoms with Gasteiger partial charge in [0.05, 0.1) is 19.2 Å². The summed E-state index contributed by atoms with van der Waals surface area (Å²) in [5, 5.41) is 0. The van der Waals surface area contributed by atoms with E-state index in [-0.39, 0.29) is 28.5 Å². The topological polar surface area (TPSA) is 64.6 Å². The van der Waals surface area contributed by atoms with Gasteiger partial charge in [0.2, 0.25) is 5.88 Å². The fourth-order valence-corrected chi connectivity index (χ4v) is 3.52. The summed E-state index contributed by atoms with van der Waals surface area (Å²) >= 11 is 0.382. The second-order valence-electron chi connectivity index (χ2n) is 5.89. The molecule has 1 aromatic heterocycles. The lowest BCUT2D eigenvalue weighted by molar-refractivity contribution is 0.0522. The van der Waals surface area contributed by atoms with Crippen molar-refractivity contribution in [3.05, 3.63) is 42.1 Å². The number of benzene rings is 1. The molecule has 1 saturated heterocycles. The van der Waals surface area contributed by atoms with Crippen LogP contribution in [0.4, 0.5) is 8.78 Å². The zero-order valence-corrected chi connectivity index (χ0v) is 15.5. The average Bonchev–Trinajstić information content (AvgIpc) is 2.68. The Balaban J connectivity index is 1.69. The summed E-state index contributed by atoms with van der Waals surface area (Å²) in [5.41, 5.74) is 0.284. The standard InChI is InChI=1S/C18H19F2N3O3S/c1-25-18-21-9-8-15(22-18)26-12-5-4-10-23(11-12)16(24)13-6-2-3-7-14(13)27-17(19)20/h2-3,6-9,12,17H,4-5,10-11H2,1H3. The fourth-order valence-electron chi connectivity index (χ4n) is 2.89. The van der Waals surface area contributed by atoms with E-state index in [1.165, 1.54) is 19.4 Å². The van der Waals surface area contributed by atoms with E-state index in [0.717, 1.165) is 12.8 Å². The molecule has 1 atom stereocenters. The number of rotatable bonds is 6. The summed E-state index contributed by atoms with van der Waals surface area (Å²) in [4.78, 5) is 22.8. The molecule has 6 nitrogen and oxygen atoms in total. The quantitative estimate of drug-likeness (QED) is 0.698. The van der Waals surface area contributed by atoms with E-state index in [1.54, 1.807) is 29.2 Å². The first-order valence-electron chi connectivity index (χ1n) is 8.43. The Morgan fingerprint density at radius 3 is 2.93 bits per heavy atom. The Kier molecular flexibility index (Phi) is 6.44. The van der Waals surface area contributed by atoms with Crippen molar-refractivity contribution in [2.45, 2.75) is 29.6 Å². The van der Waals surface area contributed by atoms with Crippen molar-refractivity contribution in [1.82, 2.24) is 14.9 Å². The minimum Gasteiger partial charge on any atom is -0.472 e. The molecule has 9 heteroatoms. The number of alkyl halides is 2. The van der Waals surface area contributed by atoms with Crippen LogP contribution in [0.1, 0.15) is 23.2 Å². The molecule has 1 aromatic carbocycles. The highest BCUT2D eigenvalue weighted by Crippen LogP contribution is 2.30. The summed E-state index contributed by atoms with van der Waals surface area (Å²) in [6.07, 6.45) is 2.81. The van der Waals surface area contributed by atoms with Crippen LogP contribution >= 0.6 is 11.8 Å². The summed E-state index contributed by atoms with van der Waals surface area (Å²) in [5.74, 6) is -2.48. The van der Waals surface area contributed by atoms with Gasteiger partial charge in [0.1, 0.15) is 6.10 Å². The van der Waals surface area contributed by atoms with Gasteiger partial charge in [-0.25, -0.2) is 4.98 Å². The molecule has 0 bridgehead atoms. The Bertz CT molecular complexity index is 794. The lowest BCUT2D eigenvalue weighted by Gasteiger charge is -2.33. The van der Waals surface area contributed by atoms with Gasteiger partial charge in [-0.2, -0.15) is 13.8 Å². The van der Waals surface area contributed by atoms with Crippen LogP contribution in [0.3, 0.4) is 0 Å². The van der Waals surface area contributed by atoms with Crippen LogP contribution in [-0.2, 0) is 0 Å². The summed E-state index contributed by atoms with van der Waals surface area (Å²) in [7, 11) is 1.47. The lowest BCUT2D eigenvalue weighted by atomic mass is 10.1. The maximum Gasteiger partial charge on any atom is 0.319 e. The molecule has 0 N–H and O–H groups in total. The third kappa shape index (κ3) is 5.06. The van der Waals surface area contributed by atoms with Gasteiger partial charge in [-0.15, -0.1) is 0 Å². The fraction of sp³-hybridized carbons (Fsp3) is 0.389. The number of likely N-dealkylation sites (tertiary alicyclic amines) is 1. The number of thioether (sulfide) groups is 1. The lowest BCUT2D eigenvalue weighted by Crippen LogP contribution is -2.44. The number of amides is 1. The van der Waals surface area contributed by atoms with E-state index >= 15 is 0 Å². The molecule has 0 spiro atoms. The maximum atomic E-state index is 12.9. The van der Waals surface area contributed by atoms with Crippen molar-refractivity contribution in [3.8, 4) is 11.9 Å². The van der Waals surface area contributed by atoms with Crippen LogP contribution in [0.2, 0.25) is 0 Å². The molecule has 1 amide bonds. The Labute approximate surface area is 159 Å². The number of carbonyl (C=O) groups is 1. The molecule has 2 heterocycles. The van der Waals surface area contributed by atoms with E-state index in [1.807, 2.05) is 0 Å². The van der Waals surface area contributed by atoms with E-state index in [4.69, 9.17) is 9.47 Å². The number of methoxy groups -OCH3 is 1. The number of carbonyl (C=O) groups excluding carboxylic acids is 1. The minimum atomic E-state index is -2.58. The largest absolute Gasteiger partial charge is 0.472 e. The average molecular weight is 395 g/mol. The molecule has 0 radical (unpaired) electrons. The van der Waals surface area contributed by atoms with Gasteiger partial charge < -0.3 is 14.4 Å². The van der Waals surface area contributed by atoms with Gasteiger partial charge in [0, 0.05) is 23.7 Å². The van der Waals surface area contributed by atoms with Crippen molar-refractivity contribution in [3.63, 3.8) is 0 Å². The number of piperidine rings is 1. The van der Waals surface area contributed by atoms with Crippen molar-refractivity contribution < 1.29 is 23.0 Å². The zero-order valence-electron chi connectivity index (χ0n) is 14.7. The highest BCUT2D eigenvalue weighted by atomic mass is 32.2. The van der Waals surface area contributed by atoms with Crippen LogP contribution in [0.15, 0.2) is 41.4 Å². The molecule has 1 fully saturated rings. The van der Waals surface area contributed by atoms with Crippen LogP contribution in [0.5, 0.6) is 11.9 Å². The summed E-state index contributed by atoms with van der Waals surface area (Å²) in [6.45, 7) is 0.915. The Morgan fingerprint density at radius 1 is 1.33 bits per heavy atom. The van der Waals surface area contributed by atoms with E-state index in [2.05, 4.69) is 9.97 Å². The highest BCUT2D eigenvalue weighted by molar-refractivity contribution is 7.99. The number of hydrogen-bond donors (Lipinski definition) is 0. The van der Waals surface area contributed by atoms with Crippen LogP contribution < -0.4 is 9.47 Å². The molecule has 3 rings (SSSR count). The van der Waals surface area contributed by atoms with Crippen molar-refractivity contribution in [1.29, 1.82) is 0 Å². The molecular formula is C18H19F2N3O3S. The van der Waals surface area contributed by atoms with Crippen molar-refractivity contribution >= 4 is 17.7 Å². The smallest absolute Gasteiger partial charge is 0.319 e. The molecule has 1 unspecified atom stereocenters. The molecular weight excluding hydrogens is 376 g/mol. The zero-order chi connectivity index (χ0) is 19.2.